The summed E-state index contributed by atoms with van der Waals surface area (Å²) in [6.45, 7) is 1.02. The first kappa shape index (κ1) is 20.2. The highest BCUT2D eigenvalue weighted by atomic mass is 19.2. The average molecular weight is 414 g/mol. The molecule has 0 radical (unpaired) electrons. The smallest absolute Gasteiger partial charge is 0.229 e. The van der Waals surface area contributed by atoms with E-state index in [0.29, 0.717) is 36.3 Å². The molecule has 0 unspecified atom stereocenters. The van der Waals surface area contributed by atoms with Crippen LogP contribution in [0.4, 0.5) is 18.9 Å². The summed E-state index contributed by atoms with van der Waals surface area (Å²) in [7, 11) is 1.77. The molecule has 5 nitrogen and oxygen atoms in total. The maximum absolute atomic E-state index is 14.6. The molecule has 3 aromatic rings. The van der Waals surface area contributed by atoms with E-state index >= 15 is 0 Å². The fraction of sp³-hybridized carbons (Fsp3) is 0.273. The van der Waals surface area contributed by atoms with Gasteiger partial charge in [0, 0.05) is 25.4 Å². The molecule has 1 aromatic heterocycles. The topological polar surface area (TPSA) is 59.0 Å². The van der Waals surface area contributed by atoms with Crippen molar-refractivity contribution >= 4 is 11.6 Å². The lowest BCUT2D eigenvalue weighted by atomic mass is 9.80. The Bertz CT molecular complexity index is 1080. The van der Waals surface area contributed by atoms with E-state index < -0.39 is 23.4 Å². The summed E-state index contributed by atoms with van der Waals surface area (Å²) in [6, 6.07) is 9.98. The van der Waals surface area contributed by atoms with Crippen molar-refractivity contribution in [3.05, 3.63) is 71.7 Å². The van der Waals surface area contributed by atoms with Gasteiger partial charge in [0.2, 0.25) is 5.91 Å². The number of carbonyl (C=O) groups excluding carboxylic acids is 1. The second kappa shape index (κ2) is 8.31. The molecule has 1 amide bonds. The number of aryl methyl sites for hydroxylation is 1. The van der Waals surface area contributed by atoms with Gasteiger partial charge in [-0.1, -0.05) is 12.1 Å². The van der Waals surface area contributed by atoms with Crippen molar-refractivity contribution in [1.29, 1.82) is 0 Å². The molecule has 2 aromatic carbocycles. The summed E-state index contributed by atoms with van der Waals surface area (Å²) in [4.78, 5) is 12.9. The predicted octanol–water partition coefficient (Wildman–Crippen LogP) is 3.84. The molecule has 8 heteroatoms. The summed E-state index contributed by atoms with van der Waals surface area (Å²) in [5, 5.41) is 10.0. The second-order valence-corrected chi connectivity index (χ2v) is 7.44. The first-order valence-corrected chi connectivity index (χ1v) is 9.68. The Kier molecular flexibility index (Phi) is 5.59. The number of carbonyl (C=O) groups is 1. The first-order valence-electron chi connectivity index (χ1n) is 9.68. The van der Waals surface area contributed by atoms with Crippen molar-refractivity contribution in [3.8, 4) is 11.3 Å². The fourth-order valence-corrected chi connectivity index (χ4v) is 3.85. The molecule has 1 aliphatic heterocycles. The number of anilines is 1. The van der Waals surface area contributed by atoms with Crippen molar-refractivity contribution in [2.45, 2.75) is 12.3 Å². The van der Waals surface area contributed by atoms with Gasteiger partial charge in [-0.05, 0) is 54.8 Å². The van der Waals surface area contributed by atoms with Crippen LogP contribution in [-0.4, -0.2) is 28.8 Å². The average Bonchev–Trinajstić information content (AvgIpc) is 3.18. The van der Waals surface area contributed by atoms with Crippen LogP contribution in [-0.2, 0) is 11.8 Å². The van der Waals surface area contributed by atoms with Crippen molar-refractivity contribution in [1.82, 2.24) is 15.1 Å². The fourth-order valence-electron chi connectivity index (χ4n) is 3.85. The molecule has 0 bridgehead atoms. The molecule has 2 atom stereocenters. The van der Waals surface area contributed by atoms with Crippen LogP contribution in [0.15, 0.2) is 48.7 Å². The summed E-state index contributed by atoms with van der Waals surface area (Å²) in [5.74, 6) is -3.65. The Balaban J connectivity index is 1.53. The Morgan fingerprint density at radius 2 is 1.93 bits per heavy atom. The zero-order valence-electron chi connectivity index (χ0n) is 16.3. The van der Waals surface area contributed by atoms with Crippen LogP contribution in [0.3, 0.4) is 0 Å². The second-order valence-electron chi connectivity index (χ2n) is 7.44. The van der Waals surface area contributed by atoms with E-state index in [4.69, 9.17) is 0 Å². The molecule has 2 N–H and O–H groups in total. The number of hydrogen-bond acceptors (Lipinski definition) is 3. The van der Waals surface area contributed by atoms with Crippen molar-refractivity contribution in [3.63, 3.8) is 0 Å². The quantitative estimate of drug-likeness (QED) is 0.682. The highest BCUT2D eigenvalue weighted by Gasteiger charge is 2.33. The maximum atomic E-state index is 14.6. The summed E-state index contributed by atoms with van der Waals surface area (Å²) < 4.78 is 43.2. The molecule has 0 spiro atoms. The number of nitrogens with one attached hydrogen (secondary N) is 2. The highest BCUT2D eigenvalue weighted by Crippen LogP contribution is 2.32. The molecule has 4 rings (SSSR count). The highest BCUT2D eigenvalue weighted by molar-refractivity contribution is 5.93. The maximum Gasteiger partial charge on any atom is 0.229 e. The standard InChI is InChI=1S/C22H21F3N4O/c1-29-9-7-20(28-29)14-3-5-21(19(25)11-14)27-22(30)16-12-26-8-6-15(16)13-2-4-17(23)18(24)10-13/h2-5,7,9-11,15-16,26H,6,8,12H2,1H3,(H,27,30)/t15-,16+/m0/s1. The van der Waals surface area contributed by atoms with Gasteiger partial charge in [0.05, 0.1) is 17.3 Å². The van der Waals surface area contributed by atoms with Gasteiger partial charge in [0.15, 0.2) is 11.6 Å². The number of hydrogen-bond donors (Lipinski definition) is 2. The summed E-state index contributed by atoms with van der Waals surface area (Å²) >= 11 is 0. The van der Waals surface area contributed by atoms with Gasteiger partial charge in [-0.3, -0.25) is 9.48 Å². The van der Waals surface area contributed by atoms with Crippen LogP contribution in [0, 0.1) is 23.4 Å². The lowest BCUT2D eigenvalue weighted by Gasteiger charge is -2.31. The molecule has 1 fully saturated rings. The number of piperidine rings is 1. The van der Waals surface area contributed by atoms with E-state index in [0.717, 1.165) is 12.1 Å². The Morgan fingerprint density at radius 1 is 1.10 bits per heavy atom. The molecular weight excluding hydrogens is 393 g/mol. The van der Waals surface area contributed by atoms with Gasteiger partial charge in [-0.15, -0.1) is 0 Å². The van der Waals surface area contributed by atoms with E-state index in [9.17, 15) is 18.0 Å². The third kappa shape index (κ3) is 4.09. The largest absolute Gasteiger partial charge is 0.323 e. The van der Waals surface area contributed by atoms with Crippen LogP contribution >= 0.6 is 0 Å². The molecule has 2 heterocycles. The van der Waals surface area contributed by atoms with Gasteiger partial charge in [0.25, 0.3) is 0 Å². The van der Waals surface area contributed by atoms with Crippen molar-refractivity contribution < 1.29 is 18.0 Å². The minimum atomic E-state index is -0.943. The molecule has 1 aliphatic rings. The van der Waals surface area contributed by atoms with Crippen LogP contribution in [0.5, 0.6) is 0 Å². The Hall–Kier alpha value is -3.13. The van der Waals surface area contributed by atoms with Crippen LogP contribution in [0.1, 0.15) is 17.9 Å². The molecule has 30 heavy (non-hydrogen) atoms. The van der Waals surface area contributed by atoms with E-state index in [-0.39, 0.29) is 17.5 Å². The molecular formula is C22H21F3N4O. The van der Waals surface area contributed by atoms with Crippen LogP contribution in [0.2, 0.25) is 0 Å². The number of nitrogens with zero attached hydrogens (tertiary/aromatic N) is 2. The number of aromatic nitrogens is 2. The number of amides is 1. The van der Waals surface area contributed by atoms with Crippen LogP contribution in [0.25, 0.3) is 11.3 Å². The predicted molar refractivity (Wildman–Crippen MR) is 107 cm³/mol. The minimum Gasteiger partial charge on any atom is -0.323 e. The van der Waals surface area contributed by atoms with E-state index in [2.05, 4.69) is 15.7 Å². The van der Waals surface area contributed by atoms with Gasteiger partial charge < -0.3 is 10.6 Å². The van der Waals surface area contributed by atoms with Gasteiger partial charge >= 0.3 is 0 Å². The van der Waals surface area contributed by atoms with E-state index in [1.165, 1.54) is 18.2 Å². The third-order valence-corrected chi connectivity index (χ3v) is 5.43. The SMILES string of the molecule is Cn1ccc(-c2ccc(NC(=O)[C@@H]3CNCC[C@H]3c3ccc(F)c(F)c3)c(F)c2)n1. The number of benzene rings is 2. The Labute approximate surface area is 171 Å². The number of rotatable bonds is 4. The molecule has 156 valence electrons. The van der Waals surface area contributed by atoms with Gasteiger partial charge in [0.1, 0.15) is 5.82 Å². The zero-order valence-corrected chi connectivity index (χ0v) is 16.3. The van der Waals surface area contributed by atoms with E-state index in [1.807, 2.05) is 0 Å². The summed E-state index contributed by atoms with van der Waals surface area (Å²) in [5.41, 5.74) is 1.85. The molecule has 0 aliphatic carbocycles. The van der Waals surface area contributed by atoms with Crippen molar-refractivity contribution in [2.24, 2.45) is 13.0 Å². The lowest BCUT2D eigenvalue weighted by Crippen LogP contribution is -2.42. The summed E-state index contributed by atoms with van der Waals surface area (Å²) in [6.07, 6.45) is 2.35. The van der Waals surface area contributed by atoms with Crippen LogP contribution < -0.4 is 10.6 Å². The zero-order chi connectivity index (χ0) is 21.3. The molecule has 0 saturated carbocycles. The molecule has 1 saturated heterocycles. The first-order chi connectivity index (χ1) is 14.4. The lowest BCUT2D eigenvalue weighted by molar-refractivity contribution is -0.120. The monoisotopic (exact) mass is 414 g/mol. The van der Waals surface area contributed by atoms with Gasteiger partial charge in [-0.25, -0.2) is 13.2 Å². The van der Waals surface area contributed by atoms with E-state index in [1.54, 1.807) is 30.1 Å². The normalized spacial score (nSPS) is 18.9. The third-order valence-electron chi connectivity index (χ3n) is 5.43. The Morgan fingerprint density at radius 3 is 2.63 bits per heavy atom. The van der Waals surface area contributed by atoms with Crippen molar-refractivity contribution in [2.75, 3.05) is 18.4 Å². The number of halogens is 3. The van der Waals surface area contributed by atoms with Gasteiger partial charge in [-0.2, -0.15) is 5.10 Å². The minimum absolute atomic E-state index is 0.0642.